The van der Waals surface area contributed by atoms with E-state index in [9.17, 15) is 0 Å². The van der Waals surface area contributed by atoms with E-state index in [4.69, 9.17) is 4.42 Å². The summed E-state index contributed by atoms with van der Waals surface area (Å²) < 4.78 is 5.25. The van der Waals surface area contributed by atoms with Gasteiger partial charge in [0.2, 0.25) is 0 Å². The number of aromatic nitrogens is 2. The lowest BCUT2D eigenvalue weighted by atomic mass is 10.3. The molecule has 0 bridgehead atoms. The average molecular weight is 217 g/mol. The predicted molar refractivity (Wildman–Crippen MR) is 62.4 cm³/mol. The standard InChI is InChI=1S/C12H15N3O/c1-9-8-14-10(2)12(15-9)13-6-5-11-4-3-7-16-11/h3-4,7-8H,5-6H2,1-2H3,(H,13,15). The van der Waals surface area contributed by atoms with Gasteiger partial charge in [-0.15, -0.1) is 0 Å². The van der Waals surface area contributed by atoms with Gasteiger partial charge in [0.05, 0.1) is 17.7 Å². The smallest absolute Gasteiger partial charge is 0.147 e. The summed E-state index contributed by atoms with van der Waals surface area (Å²) >= 11 is 0. The molecule has 84 valence electrons. The zero-order valence-electron chi connectivity index (χ0n) is 9.53. The number of nitrogens with zero attached hydrogens (tertiary/aromatic N) is 2. The number of aryl methyl sites for hydroxylation is 2. The molecule has 1 N–H and O–H groups in total. The largest absolute Gasteiger partial charge is 0.469 e. The van der Waals surface area contributed by atoms with Crippen molar-refractivity contribution in [2.75, 3.05) is 11.9 Å². The van der Waals surface area contributed by atoms with Crippen LogP contribution in [0.25, 0.3) is 0 Å². The van der Waals surface area contributed by atoms with Crippen molar-refractivity contribution < 1.29 is 4.42 Å². The van der Waals surface area contributed by atoms with Crippen LogP contribution in [0.15, 0.2) is 29.0 Å². The predicted octanol–water partition coefficient (Wildman–Crippen LogP) is 2.34. The molecule has 4 nitrogen and oxygen atoms in total. The van der Waals surface area contributed by atoms with E-state index in [1.807, 2.05) is 26.0 Å². The fraction of sp³-hybridized carbons (Fsp3) is 0.333. The van der Waals surface area contributed by atoms with Crippen LogP contribution in [0.2, 0.25) is 0 Å². The molecule has 2 rings (SSSR count). The van der Waals surface area contributed by atoms with Gasteiger partial charge in [-0.1, -0.05) is 0 Å². The Morgan fingerprint density at radius 2 is 2.25 bits per heavy atom. The van der Waals surface area contributed by atoms with Crippen LogP contribution in [0.4, 0.5) is 5.82 Å². The fourth-order valence-corrected chi connectivity index (χ4v) is 1.46. The van der Waals surface area contributed by atoms with Crippen LogP contribution in [0.1, 0.15) is 17.1 Å². The Balaban J connectivity index is 1.92. The summed E-state index contributed by atoms with van der Waals surface area (Å²) in [5, 5.41) is 3.26. The fourth-order valence-electron chi connectivity index (χ4n) is 1.46. The van der Waals surface area contributed by atoms with Crippen LogP contribution < -0.4 is 5.32 Å². The van der Waals surface area contributed by atoms with Crippen molar-refractivity contribution in [1.82, 2.24) is 9.97 Å². The molecule has 0 radical (unpaired) electrons. The van der Waals surface area contributed by atoms with Crippen molar-refractivity contribution in [2.24, 2.45) is 0 Å². The summed E-state index contributed by atoms with van der Waals surface area (Å²) in [7, 11) is 0. The minimum atomic E-state index is 0.798. The van der Waals surface area contributed by atoms with E-state index < -0.39 is 0 Å². The second-order valence-electron chi connectivity index (χ2n) is 3.70. The summed E-state index contributed by atoms with van der Waals surface area (Å²) in [6.07, 6.45) is 4.31. The molecule has 0 saturated heterocycles. The first kappa shape index (κ1) is 10.7. The maximum atomic E-state index is 5.25. The Labute approximate surface area is 94.7 Å². The molecule has 2 heterocycles. The highest BCUT2D eigenvalue weighted by Crippen LogP contribution is 2.09. The van der Waals surface area contributed by atoms with Gasteiger partial charge < -0.3 is 9.73 Å². The Kier molecular flexibility index (Phi) is 3.19. The molecule has 0 aromatic carbocycles. The number of hydrogen-bond acceptors (Lipinski definition) is 4. The second-order valence-corrected chi connectivity index (χ2v) is 3.70. The highest BCUT2D eigenvalue weighted by Gasteiger charge is 2.01. The van der Waals surface area contributed by atoms with Gasteiger partial charge in [0, 0.05) is 19.2 Å². The number of nitrogens with one attached hydrogen (secondary N) is 1. The first-order chi connectivity index (χ1) is 7.75. The average Bonchev–Trinajstić information content (AvgIpc) is 2.76. The Morgan fingerprint density at radius 1 is 1.38 bits per heavy atom. The second kappa shape index (κ2) is 4.79. The number of rotatable bonds is 4. The number of hydrogen-bond donors (Lipinski definition) is 1. The van der Waals surface area contributed by atoms with Gasteiger partial charge in [0.25, 0.3) is 0 Å². The summed E-state index contributed by atoms with van der Waals surface area (Å²) in [5.41, 5.74) is 1.84. The van der Waals surface area contributed by atoms with Crippen molar-refractivity contribution in [3.05, 3.63) is 41.7 Å². The summed E-state index contributed by atoms with van der Waals surface area (Å²) in [5.74, 6) is 1.83. The van der Waals surface area contributed by atoms with Crippen LogP contribution in [-0.2, 0) is 6.42 Å². The van der Waals surface area contributed by atoms with Crippen molar-refractivity contribution in [3.63, 3.8) is 0 Å². The molecular formula is C12H15N3O. The monoisotopic (exact) mass is 217 g/mol. The van der Waals surface area contributed by atoms with Gasteiger partial charge in [0.15, 0.2) is 0 Å². The van der Waals surface area contributed by atoms with Crippen molar-refractivity contribution in [3.8, 4) is 0 Å². The third-order valence-electron chi connectivity index (χ3n) is 2.32. The maximum absolute atomic E-state index is 5.25. The van der Waals surface area contributed by atoms with Crippen LogP contribution >= 0.6 is 0 Å². The molecule has 0 atom stereocenters. The minimum Gasteiger partial charge on any atom is -0.469 e. The van der Waals surface area contributed by atoms with E-state index in [1.54, 1.807) is 12.5 Å². The van der Waals surface area contributed by atoms with Crippen molar-refractivity contribution in [2.45, 2.75) is 20.3 Å². The normalized spacial score (nSPS) is 10.4. The topological polar surface area (TPSA) is 51.0 Å². The number of furan rings is 1. The molecule has 0 spiro atoms. The van der Waals surface area contributed by atoms with E-state index in [0.717, 1.165) is 35.9 Å². The first-order valence-electron chi connectivity index (χ1n) is 5.32. The Bertz CT molecular complexity index is 451. The summed E-state index contributed by atoms with van der Waals surface area (Å²) in [6, 6.07) is 3.86. The van der Waals surface area contributed by atoms with Gasteiger partial charge in [-0.25, -0.2) is 4.98 Å². The zero-order valence-corrected chi connectivity index (χ0v) is 9.53. The molecule has 0 amide bonds. The highest BCUT2D eigenvalue weighted by molar-refractivity contribution is 5.39. The summed E-state index contributed by atoms with van der Waals surface area (Å²) in [4.78, 5) is 8.63. The molecule has 0 unspecified atom stereocenters. The van der Waals surface area contributed by atoms with Crippen LogP contribution in [0.5, 0.6) is 0 Å². The van der Waals surface area contributed by atoms with Crippen molar-refractivity contribution in [1.29, 1.82) is 0 Å². The molecule has 4 heteroatoms. The third-order valence-corrected chi connectivity index (χ3v) is 2.32. The molecule has 0 aliphatic heterocycles. The highest BCUT2D eigenvalue weighted by atomic mass is 16.3. The van der Waals surface area contributed by atoms with E-state index >= 15 is 0 Å². The minimum absolute atomic E-state index is 0.798. The molecule has 16 heavy (non-hydrogen) atoms. The molecule has 0 aliphatic carbocycles. The van der Waals surface area contributed by atoms with Crippen LogP contribution in [0.3, 0.4) is 0 Å². The van der Waals surface area contributed by atoms with Crippen molar-refractivity contribution >= 4 is 5.82 Å². The van der Waals surface area contributed by atoms with Gasteiger partial charge >= 0.3 is 0 Å². The van der Waals surface area contributed by atoms with E-state index in [2.05, 4.69) is 15.3 Å². The van der Waals surface area contributed by atoms with Gasteiger partial charge in [-0.05, 0) is 26.0 Å². The quantitative estimate of drug-likeness (QED) is 0.854. The Hall–Kier alpha value is -1.84. The molecule has 2 aromatic heterocycles. The molecular weight excluding hydrogens is 202 g/mol. The van der Waals surface area contributed by atoms with Gasteiger partial charge in [-0.2, -0.15) is 0 Å². The van der Waals surface area contributed by atoms with Gasteiger partial charge in [0.1, 0.15) is 11.6 Å². The Morgan fingerprint density at radius 3 is 3.00 bits per heavy atom. The van der Waals surface area contributed by atoms with E-state index in [-0.39, 0.29) is 0 Å². The first-order valence-corrected chi connectivity index (χ1v) is 5.32. The third kappa shape index (κ3) is 2.59. The van der Waals surface area contributed by atoms with E-state index in [0.29, 0.717) is 0 Å². The zero-order chi connectivity index (χ0) is 11.4. The maximum Gasteiger partial charge on any atom is 0.147 e. The van der Waals surface area contributed by atoms with Gasteiger partial charge in [-0.3, -0.25) is 4.98 Å². The van der Waals surface area contributed by atoms with Crippen LogP contribution in [-0.4, -0.2) is 16.5 Å². The van der Waals surface area contributed by atoms with E-state index in [1.165, 1.54) is 0 Å². The lowest BCUT2D eigenvalue weighted by molar-refractivity contribution is 0.513. The lowest BCUT2D eigenvalue weighted by Gasteiger charge is -2.07. The molecule has 0 aliphatic rings. The lowest BCUT2D eigenvalue weighted by Crippen LogP contribution is -2.08. The van der Waals surface area contributed by atoms with Crippen LogP contribution in [0, 0.1) is 13.8 Å². The summed E-state index contributed by atoms with van der Waals surface area (Å²) in [6.45, 7) is 4.68. The molecule has 0 fully saturated rings. The molecule has 2 aromatic rings. The SMILES string of the molecule is Cc1cnc(C)c(NCCc2ccco2)n1. The molecule has 0 saturated carbocycles. The number of anilines is 1.